The molecule has 1 saturated heterocycles. The summed E-state index contributed by atoms with van der Waals surface area (Å²) in [7, 11) is 0. The molecule has 19 heavy (non-hydrogen) atoms. The Morgan fingerprint density at radius 2 is 2.21 bits per heavy atom. The molecule has 2 N–H and O–H groups in total. The highest BCUT2D eigenvalue weighted by molar-refractivity contribution is 7.09. The van der Waals surface area contributed by atoms with Crippen LogP contribution < -0.4 is 5.73 Å². The second kappa shape index (κ2) is 6.61. The van der Waals surface area contributed by atoms with Crippen LogP contribution in [-0.2, 0) is 6.54 Å². The molecule has 0 aliphatic carbocycles. The number of nitriles is 1. The van der Waals surface area contributed by atoms with Crippen LogP contribution in [0.15, 0.2) is 5.38 Å². The lowest BCUT2D eigenvalue weighted by Crippen LogP contribution is -2.48. The minimum atomic E-state index is -0.0177. The van der Waals surface area contributed by atoms with Gasteiger partial charge in [-0.05, 0) is 0 Å². The van der Waals surface area contributed by atoms with Gasteiger partial charge in [-0.15, -0.1) is 11.3 Å². The predicted molar refractivity (Wildman–Crippen MR) is 72.6 cm³/mol. The van der Waals surface area contributed by atoms with Gasteiger partial charge < -0.3 is 10.6 Å². The SMILES string of the molecule is N#CCCN1CCN(C(=O)c2csc(CN)n2)CC1. The number of rotatable bonds is 4. The summed E-state index contributed by atoms with van der Waals surface area (Å²) < 4.78 is 0. The van der Waals surface area contributed by atoms with Gasteiger partial charge in [0.1, 0.15) is 10.7 Å². The molecule has 1 aliphatic rings. The van der Waals surface area contributed by atoms with Crippen molar-refractivity contribution in [2.75, 3.05) is 32.7 Å². The Bertz CT molecular complexity index is 473. The van der Waals surface area contributed by atoms with Crippen molar-refractivity contribution in [2.45, 2.75) is 13.0 Å². The quantitative estimate of drug-likeness (QED) is 0.855. The van der Waals surface area contributed by atoms with E-state index in [1.807, 2.05) is 4.90 Å². The average molecular weight is 279 g/mol. The van der Waals surface area contributed by atoms with Gasteiger partial charge >= 0.3 is 0 Å². The van der Waals surface area contributed by atoms with Crippen LogP contribution in [0.4, 0.5) is 0 Å². The number of nitrogens with two attached hydrogens (primary N) is 1. The zero-order valence-corrected chi connectivity index (χ0v) is 11.5. The Kier molecular flexibility index (Phi) is 4.85. The first-order valence-electron chi connectivity index (χ1n) is 6.27. The molecule has 6 nitrogen and oxygen atoms in total. The Morgan fingerprint density at radius 1 is 1.47 bits per heavy atom. The van der Waals surface area contributed by atoms with E-state index in [9.17, 15) is 4.79 Å². The van der Waals surface area contributed by atoms with Crippen molar-refractivity contribution in [3.05, 3.63) is 16.1 Å². The van der Waals surface area contributed by atoms with Crippen molar-refractivity contribution in [3.8, 4) is 6.07 Å². The van der Waals surface area contributed by atoms with E-state index < -0.39 is 0 Å². The number of amides is 1. The van der Waals surface area contributed by atoms with Crippen LogP contribution in [0.2, 0.25) is 0 Å². The molecule has 1 aromatic rings. The highest BCUT2D eigenvalue weighted by atomic mass is 32.1. The van der Waals surface area contributed by atoms with Crippen LogP contribution in [0, 0.1) is 11.3 Å². The molecule has 1 aliphatic heterocycles. The van der Waals surface area contributed by atoms with Crippen LogP contribution in [-0.4, -0.2) is 53.4 Å². The summed E-state index contributed by atoms with van der Waals surface area (Å²) >= 11 is 1.42. The second-order valence-corrected chi connectivity index (χ2v) is 5.32. The van der Waals surface area contributed by atoms with Crippen molar-refractivity contribution in [2.24, 2.45) is 5.73 Å². The third-order valence-corrected chi connectivity index (χ3v) is 4.02. The molecule has 0 radical (unpaired) electrons. The maximum Gasteiger partial charge on any atom is 0.273 e. The van der Waals surface area contributed by atoms with E-state index in [0.29, 0.717) is 31.7 Å². The van der Waals surface area contributed by atoms with Crippen LogP contribution in [0.1, 0.15) is 21.9 Å². The number of piperazine rings is 1. The number of hydrogen-bond donors (Lipinski definition) is 1. The van der Waals surface area contributed by atoms with Crippen molar-refractivity contribution >= 4 is 17.2 Å². The van der Waals surface area contributed by atoms with E-state index >= 15 is 0 Å². The summed E-state index contributed by atoms with van der Waals surface area (Å²) in [4.78, 5) is 20.5. The van der Waals surface area contributed by atoms with Gasteiger partial charge in [-0.1, -0.05) is 0 Å². The lowest BCUT2D eigenvalue weighted by atomic mass is 10.2. The van der Waals surface area contributed by atoms with Crippen molar-refractivity contribution < 1.29 is 4.79 Å². The topological polar surface area (TPSA) is 86.2 Å². The van der Waals surface area contributed by atoms with Gasteiger partial charge in [-0.2, -0.15) is 5.26 Å². The first-order valence-corrected chi connectivity index (χ1v) is 7.15. The summed E-state index contributed by atoms with van der Waals surface area (Å²) in [5, 5.41) is 11.1. The van der Waals surface area contributed by atoms with Crippen LogP contribution in [0.3, 0.4) is 0 Å². The lowest BCUT2D eigenvalue weighted by molar-refractivity contribution is 0.0634. The van der Waals surface area contributed by atoms with Crippen LogP contribution >= 0.6 is 11.3 Å². The van der Waals surface area contributed by atoms with Crippen molar-refractivity contribution in [1.82, 2.24) is 14.8 Å². The van der Waals surface area contributed by atoms with E-state index in [1.165, 1.54) is 11.3 Å². The minimum absolute atomic E-state index is 0.0177. The van der Waals surface area contributed by atoms with Gasteiger partial charge in [0.05, 0.1) is 6.07 Å². The van der Waals surface area contributed by atoms with Gasteiger partial charge in [0, 0.05) is 51.1 Å². The second-order valence-electron chi connectivity index (χ2n) is 4.37. The Morgan fingerprint density at radius 3 is 2.79 bits per heavy atom. The van der Waals surface area contributed by atoms with Crippen molar-refractivity contribution in [1.29, 1.82) is 5.26 Å². The van der Waals surface area contributed by atoms with Crippen LogP contribution in [0.5, 0.6) is 0 Å². The van der Waals surface area contributed by atoms with E-state index in [1.54, 1.807) is 5.38 Å². The molecule has 2 rings (SSSR count). The molecule has 1 aromatic heterocycles. The molecule has 1 amide bonds. The van der Waals surface area contributed by atoms with Crippen molar-refractivity contribution in [3.63, 3.8) is 0 Å². The van der Waals surface area contributed by atoms with Gasteiger partial charge in [0.25, 0.3) is 5.91 Å². The normalized spacial score (nSPS) is 16.3. The third-order valence-electron chi connectivity index (χ3n) is 3.14. The molecule has 7 heteroatoms. The first kappa shape index (κ1) is 13.9. The first-order chi connectivity index (χ1) is 9.24. The number of aromatic nitrogens is 1. The summed E-state index contributed by atoms with van der Waals surface area (Å²) in [5.41, 5.74) is 5.99. The fourth-order valence-electron chi connectivity index (χ4n) is 2.05. The molecular formula is C12H17N5OS. The predicted octanol–water partition coefficient (Wildman–Crippen LogP) is 0.273. The van der Waals surface area contributed by atoms with Gasteiger partial charge in [-0.25, -0.2) is 4.98 Å². The smallest absolute Gasteiger partial charge is 0.273 e. The summed E-state index contributed by atoms with van der Waals surface area (Å²) in [5.74, 6) is -0.0177. The Hall–Kier alpha value is -1.49. The molecule has 1 fully saturated rings. The Balaban J connectivity index is 1.87. The number of hydrogen-bond acceptors (Lipinski definition) is 6. The summed E-state index contributed by atoms with van der Waals surface area (Å²) in [6.45, 7) is 4.19. The fraction of sp³-hybridized carbons (Fsp3) is 0.583. The molecular weight excluding hydrogens is 262 g/mol. The number of carbonyl (C=O) groups excluding carboxylic acids is 1. The van der Waals surface area contributed by atoms with E-state index in [0.717, 1.165) is 24.6 Å². The standard InChI is InChI=1S/C12H17N5OS/c13-2-1-3-16-4-6-17(7-5-16)12(18)10-9-19-11(8-14)15-10/h9H,1,3-8,14H2. The number of thiazole rings is 1. The van der Waals surface area contributed by atoms with Gasteiger partial charge in [0.2, 0.25) is 0 Å². The van der Waals surface area contributed by atoms with Gasteiger partial charge in [-0.3, -0.25) is 9.69 Å². The molecule has 2 heterocycles. The number of carbonyl (C=O) groups is 1. The maximum absolute atomic E-state index is 12.2. The molecule has 0 unspecified atom stereocenters. The summed E-state index contributed by atoms with van der Waals surface area (Å²) in [6.07, 6.45) is 0.542. The number of nitrogens with zero attached hydrogens (tertiary/aromatic N) is 4. The highest BCUT2D eigenvalue weighted by Crippen LogP contribution is 2.13. The van der Waals surface area contributed by atoms with E-state index in [4.69, 9.17) is 11.0 Å². The molecule has 0 spiro atoms. The molecule has 102 valence electrons. The molecule has 0 bridgehead atoms. The third kappa shape index (κ3) is 3.50. The van der Waals surface area contributed by atoms with E-state index in [-0.39, 0.29) is 5.91 Å². The van der Waals surface area contributed by atoms with E-state index in [2.05, 4.69) is 16.0 Å². The molecule has 0 aromatic carbocycles. The van der Waals surface area contributed by atoms with Crippen LogP contribution in [0.25, 0.3) is 0 Å². The zero-order valence-electron chi connectivity index (χ0n) is 10.7. The Labute approximate surface area is 116 Å². The fourth-order valence-corrected chi connectivity index (χ4v) is 2.70. The average Bonchev–Trinajstić information content (AvgIpc) is 2.94. The lowest BCUT2D eigenvalue weighted by Gasteiger charge is -2.33. The maximum atomic E-state index is 12.2. The molecule has 0 saturated carbocycles. The summed E-state index contributed by atoms with van der Waals surface area (Å²) in [6, 6.07) is 2.14. The zero-order chi connectivity index (χ0) is 13.7. The monoisotopic (exact) mass is 279 g/mol. The largest absolute Gasteiger partial charge is 0.335 e. The molecule has 0 atom stereocenters. The minimum Gasteiger partial charge on any atom is -0.335 e. The highest BCUT2D eigenvalue weighted by Gasteiger charge is 2.23. The van der Waals surface area contributed by atoms with Gasteiger partial charge in [0.15, 0.2) is 0 Å².